The second-order valence-corrected chi connectivity index (χ2v) is 3.04. The van der Waals surface area contributed by atoms with Crippen LogP contribution in [0.2, 0.25) is 0 Å². The molecule has 4 nitrogen and oxygen atoms in total. The molecule has 0 aliphatic carbocycles. The first-order valence-corrected chi connectivity index (χ1v) is 4.47. The molecule has 0 aromatic carbocycles. The van der Waals surface area contributed by atoms with E-state index < -0.39 is 5.97 Å². The Bertz CT molecular complexity index is 327. The zero-order chi connectivity index (χ0) is 9.84. The summed E-state index contributed by atoms with van der Waals surface area (Å²) in [6.45, 7) is 2.16. The van der Waals surface area contributed by atoms with Gasteiger partial charge in [-0.25, -0.2) is 9.78 Å². The maximum absolute atomic E-state index is 10.7. The maximum atomic E-state index is 10.7. The summed E-state index contributed by atoms with van der Waals surface area (Å²) in [4.78, 5) is 14.6. The minimum Gasteiger partial charge on any atom is -0.477 e. The van der Waals surface area contributed by atoms with Gasteiger partial charge in [-0.15, -0.1) is 0 Å². The van der Waals surface area contributed by atoms with E-state index in [4.69, 9.17) is 9.84 Å². The Morgan fingerprint density at radius 3 is 2.92 bits per heavy atom. The monoisotopic (exact) mass is 245 g/mol. The van der Waals surface area contributed by atoms with Crippen molar-refractivity contribution in [1.29, 1.82) is 0 Å². The van der Waals surface area contributed by atoms with Crippen molar-refractivity contribution < 1.29 is 14.6 Å². The van der Waals surface area contributed by atoms with E-state index in [1.54, 1.807) is 13.0 Å². The van der Waals surface area contributed by atoms with Crippen molar-refractivity contribution >= 4 is 21.9 Å². The fraction of sp³-hybridized carbons (Fsp3) is 0.250. The molecular weight excluding hydrogens is 238 g/mol. The van der Waals surface area contributed by atoms with E-state index in [9.17, 15) is 4.79 Å². The molecule has 0 saturated heterocycles. The quantitative estimate of drug-likeness (QED) is 0.828. The number of pyridine rings is 1. The molecule has 0 spiro atoms. The van der Waals surface area contributed by atoms with Gasteiger partial charge in [-0.05, 0) is 35.0 Å². The molecule has 0 aliphatic rings. The average molecular weight is 246 g/mol. The summed E-state index contributed by atoms with van der Waals surface area (Å²) >= 11 is 3.13. The summed E-state index contributed by atoms with van der Waals surface area (Å²) < 4.78 is 5.61. The lowest BCUT2D eigenvalue weighted by molar-refractivity contribution is 0.0691. The van der Waals surface area contributed by atoms with Gasteiger partial charge in [0.2, 0.25) is 5.88 Å². The van der Waals surface area contributed by atoms with E-state index in [2.05, 4.69) is 20.9 Å². The second-order valence-electron chi connectivity index (χ2n) is 2.22. The van der Waals surface area contributed by atoms with Gasteiger partial charge in [0.1, 0.15) is 10.2 Å². The number of nitrogens with zero attached hydrogens (tertiary/aromatic N) is 1. The van der Waals surface area contributed by atoms with Gasteiger partial charge in [-0.3, -0.25) is 0 Å². The molecule has 0 amide bonds. The molecule has 0 radical (unpaired) electrons. The van der Waals surface area contributed by atoms with Crippen LogP contribution in [0.1, 0.15) is 17.3 Å². The summed E-state index contributed by atoms with van der Waals surface area (Å²) in [6.07, 6.45) is 0. The number of carboxylic acid groups (broad SMARTS) is 1. The average Bonchev–Trinajstić information content (AvgIpc) is 2.04. The van der Waals surface area contributed by atoms with Gasteiger partial charge < -0.3 is 9.84 Å². The lowest BCUT2D eigenvalue weighted by Crippen LogP contribution is -2.04. The summed E-state index contributed by atoms with van der Waals surface area (Å²) in [5, 5.41) is 8.75. The summed E-state index contributed by atoms with van der Waals surface area (Å²) in [7, 11) is 0. The van der Waals surface area contributed by atoms with Crippen LogP contribution in [-0.2, 0) is 0 Å². The largest absolute Gasteiger partial charge is 0.477 e. The van der Waals surface area contributed by atoms with Crippen molar-refractivity contribution in [2.45, 2.75) is 6.92 Å². The van der Waals surface area contributed by atoms with Crippen molar-refractivity contribution in [3.63, 3.8) is 0 Å². The zero-order valence-electron chi connectivity index (χ0n) is 6.95. The Labute approximate surface area is 83.7 Å². The first-order chi connectivity index (χ1) is 6.15. The Hall–Kier alpha value is -1.10. The maximum Gasteiger partial charge on any atom is 0.341 e. The lowest BCUT2D eigenvalue weighted by Gasteiger charge is -2.05. The lowest BCUT2D eigenvalue weighted by atomic mass is 10.3. The molecule has 5 heteroatoms. The number of aromatic nitrogens is 1. The number of ether oxygens (including phenoxy) is 1. The number of rotatable bonds is 3. The molecule has 1 aromatic heterocycles. The third-order valence-corrected chi connectivity index (χ3v) is 1.78. The van der Waals surface area contributed by atoms with Crippen molar-refractivity contribution in [3.8, 4) is 5.88 Å². The molecule has 1 aromatic rings. The predicted molar refractivity (Wildman–Crippen MR) is 50.1 cm³/mol. The van der Waals surface area contributed by atoms with Gasteiger partial charge in [0.05, 0.1) is 6.61 Å². The zero-order valence-corrected chi connectivity index (χ0v) is 8.54. The predicted octanol–water partition coefficient (Wildman–Crippen LogP) is 1.94. The van der Waals surface area contributed by atoms with E-state index in [-0.39, 0.29) is 11.4 Å². The fourth-order valence-corrected chi connectivity index (χ4v) is 1.12. The van der Waals surface area contributed by atoms with Crippen molar-refractivity contribution in [3.05, 3.63) is 22.3 Å². The van der Waals surface area contributed by atoms with Crippen LogP contribution in [0.4, 0.5) is 0 Å². The van der Waals surface area contributed by atoms with Crippen LogP contribution >= 0.6 is 15.9 Å². The minimum absolute atomic E-state index is 0.0741. The number of carboxylic acids is 1. The molecule has 70 valence electrons. The minimum atomic E-state index is -1.04. The Morgan fingerprint density at radius 2 is 2.38 bits per heavy atom. The van der Waals surface area contributed by atoms with Gasteiger partial charge >= 0.3 is 5.97 Å². The van der Waals surface area contributed by atoms with Gasteiger partial charge in [-0.1, -0.05) is 0 Å². The molecule has 0 saturated carbocycles. The molecule has 0 aliphatic heterocycles. The first-order valence-electron chi connectivity index (χ1n) is 3.67. The van der Waals surface area contributed by atoms with Gasteiger partial charge in [-0.2, -0.15) is 0 Å². The van der Waals surface area contributed by atoms with E-state index in [0.29, 0.717) is 11.2 Å². The smallest absolute Gasteiger partial charge is 0.341 e. The molecule has 0 unspecified atom stereocenters. The van der Waals surface area contributed by atoms with Crippen LogP contribution in [0.5, 0.6) is 5.88 Å². The fourth-order valence-electron chi connectivity index (χ4n) is 0.827. The van der Waals surface area contributed by atoms with E-state index in [1.165, 1.54) is 6.07 Å². The number of hydrogen-bond acceptors (Lipinski definition) is 3. The molecule has 0 fully saturated rings. The SMILES string of the molecule is CCOc1nc(Br)ccc1C(=O)O. The molecule has 0 bridgehead atoms. The highest BCUT2D eigenvalue weighted by Gasteiger charge is 2.12. The molecule has 13 heavy (non-hydrogen) atoms. The third-order valence-electron chi connectivity index (χ3n) is 1.34. The van der Waals surface area contributed by atoms with Gasteiger partial charge in [0.15, 0.2) is 0 Å². The van der Waals surface area contributed by atoms with E-state index >= 15 is 0 Å². The Morgan fingerprint density at radius 1 is 1.69 bits per heavy atom. The summed E-state index contributed by atoms with van der Waals surface area (Å²) in [6, 6.07) is 3.01. The number of hydrogen-bond donors (Lipinski definition) is 1. The van der Waals surface area contributed by atoms with Crippen LogP contribution in [-0.4, -0.2) is 22.7 Å². The Kier molecular flexibility index (Phi) is 3.25. The van der Waals surface area contributed by atoms with Crippen molar-refractivity contribution in [1.82, 2.24) is 4.98 Å². The highest BCUT2D eigenvalue weighted by Crippen LogP contribution is 2.18. The van der Waals surface area contributed by atoms with E-state index in [1.807, 2.05) is 0 Å². The first kappa shape index (κ1) is 9.98. The van der Waals surface area contributed by atoms with Crippen LogP contribution in [0, 0.1) is 0 Å². The van der Waals surface area contributed by atoms with Crippen LogP contribution < -0.4 is 4.74 Å². The molecular formula is C8H8BrNO3. The molecule has 1 N–H and O–H groups in total. The van der Waals surface area contributed by atoms with E-state index in [0.717, 1.165) is 0 Å². The number of halogens is 1. The van der Waals surface area contributed by atoms with Crippen molar-refractivity contribution in [2.24, 2.45) is 0 Å². The molecule has 1 rings (SSSR count). The standard InChI is InChI=1S/C8H8BrNO3/c1-2-13-7-5(8(11)12)3-4-6(9)10-7/h3-4H,2H2,1H3,(H,11,12). The van der Waals surface area contributed by atoms with Crippen LogP contribution in [0.15, 0.2) is 16.7 Å². The van der Waals surface area contributed by atoms with Crippen LogP contribution in [0.25, 0.3) is 0 Å². The highest BCUT2D eigenvalue weighted by atomic mass is 79.9. The normalized spacial score (nSPS) is 9.69. The highest BCUT2D eigenvalue weighted by molar-refractivity contribution is 9.10. The Balaban J connectivity index is 3.10. The third kappa shape index (κ3) is 2.42. The number of aromatic carboxylic acids is 1. The molecule has 0 atom stereocenters. The van der Waals surface area contributed by atoms with Gasteiger partial charge in [0.25, 0.3) is 0 Å². The number of carbonyl (C=O) groups is 1. The second kappa shape index (κ2) is 4.23. The molecule has 1 heterocycles. The summed E-state index contributed by atoms with van der Waals surface area (Å²) in [5.74, 6) is -0.896. The topological polar surface area (TPSA) is 59.4 Å². The van der Waals surface area contributed by atoms with Gasteiger partial charge in [0, 0.05) is 0 Å². The van der Waals surface area contributed by atoms with Crippen LogP contribution in [0.3, 0.4) is 0 Å². The van der Waals surface area contributed by atoms with Crippen molar-refractivity contribution in [2.75, 3.05) is 6.61 Å². The summed E-state index contributed by atoms with van der Waals surface area (Å²) in [5.41, 5.74) is 0.0741.